The average Bonchev–Trinajstić information content (AvgIpc) is 3.20. The van der Waals surface area contributed by atoms with Crippen molar-refractivity contribution in [2.75, 3.05) is 23.8 Å². The zero-order chi connectivity index (χ0) is 21.0. The van der Waals surface area contributed by atoms with Gasteiger partial charge in [-0.25, -0.2) is 13.4 Å². The summed E-state index contributed by atoms with van der Waals surface area (Å²) in [6, 6.07) is 9.96. The number of thioether (sulfide) groups is 1. The molecule has 1 fully saturated rings. The third-order valence-corrected chi connectivity index (χ3v) is 7.65. The Labute approximate surface area is 177 Å². The lowest BCUT2D eigenvalue weighted by atomic mass is 10.1. The van der Waals surface area contributed by atoms with Crippen LogP contribution in [0.25, 0.3) is 0 Å². The number of nitrogens with one attached hydrogen (secondary N) is 1. The minimum absolute atomic E-state index is 0.0236. The van der Waals surface area contributed by atoms with Crippen LogP contribution in [0, 0.1) is 12.8 Å². The van der Waals surface area contributed by atoms with Crippen LogP contribution in [0.5, 0.6) is 0 Å². The first-order valence-corrected chi connectivity index (χ1v) is 12.8. The van der Waals surface area contributed by atoms with Crippen LogP contribution < -0.4 is 0 Å². The number of aromatic nitrogens is 2. The number of imidazole rings is 1. The number of H-pyrrole nitrogens is 1. The maximum absolute atomic E-state index is 12.9. The highest BCUT2D eigenvalue weighted by molar-refractivity contribution is 7.99. The van der Waals surface area contributed by atoms with Gasteiger partial charge < -0.3 is 9.88 Å². The highest BCUT2D eigenvalue weighted by Gasteiger charge is 2.34. The fraction of sp³-hybridized carbons (Fsp3) is 0.524. The van der Waals surface area contributed by atoms with Crippen molar-refractivity contribution in [2.24, 2.45) is 5.92 Å². The number of nitrogens with zero attached hydrogens (tertiary/aromatic N) is 2. The molecule has 158 valence electrons. The van der Waals surface area contributed by atoms with E-state index in [4.69, 9.17) is 0 Å². The second-order valence-corrected chi connectivity index (χ2v) is 11.3. The monoisotopic (exact) mass is 435 g/mol. The molecule has 1 atom stereocenters. The van der Waals surface area contributed by atoms with Crippen molar-refractivity contribution >= 4 is 27.5 Å². The molecule has 1 aromatic heterocycles. The van der Waals surface area contributed by atoms with Gasteiger partial charge in [-0.1, -0.05) is 55.9 Å². The number of amides is 1. The molecule has 1 N–H and O–H groups in total. The van der Waals surface area contributed by atoms with Crippen molar-refractivity contribution in [1.82, 2.24) is 14.9 Å². The molecule has 6 nitrogen and oxygen atoms in total. The van der Waals surface area contributed by atoms with Crippen molar-refractivity contribution in [2.45, 2.75) is 44.8 Å². The Kier molecular flexibility index (Phi) is 7.05. The normalized spacial score (nSPS) is 18.3. The second kappa shape index (κ2) is 9.34. The number of hydrogen-bond acceptors (Lipinski definition) is 5. The number of hydrogen-bond donors (Lipinski definition) is 1. The van der Waals surface area contributed by atoms with Gasteiger partial charge in [0, 0.05) is 24.7 Å². The lowest BCUT2D eigenvalue weighted by Crippen LogP contribution is -2.44. The molecule has 0 spiro atoms. The number of aromatic amines is 1. The summed E-state index contributed by atoms with van der Waals surface area (Å²) in [6.45, 7) is 6.66. The van der Waals surface area contributed by atoms with E-state index >= 15 is 0 Å². The van der Waals surface area contributed by atoms with Gasteiger partial charge in [0.25, 0.3) is 0 Å². The Balaban J connectivity index is 1.63. The van der Waals surface area contributed by atoms with E-state index in [0.717, 1.165) is 23.0 Å². The molecule has 1 unspecified atom stereocenters. The van der Waals surface area contributed by atoms with Crippen LogP contribution in [-0.4, -0.2) is 59.0 Å². The summed E-state index contributed by atoms with van der Waals surface area (Å²) in [5, 5.41) is 0.727. The van der Waals surface area contributed by atoms with Crippen molar-refractivity contribution in [1.29, 1.82) is 0 Å². The van der Waals surface area contributed by atoms with Crippen LogP contribution in [0.1, 0.15) is 37.2 Å². The van der Waals surface area contributed by atoms with Crippen LogP contribution in [-0.2, 0) is 21.1 Å². The molecule has 2 aromatic rings. The quantitative estimate of drug-likeness (QED) is 0.644. The third-order valence-electron chi connectivity index (χ3n) is 5.04. The zero-order valence-corrected chi connectivity index (χ0v) is 18.9. The molecule has 1 saturated heterocycles. The predicted octanol–water partition coefficient (Wildman–Crippen LogP) is 3.07. The summed E-state index contributed by atoms with van der Waals surface area (Å²) in [6.07, 6.45) is 1.28. The summed E-state index contributed by atoms with van der Waals surface area (Å²) in [4.78, 5) is 22.6. The van der Waals surface area contributed by atoms with Crippen molar-refractivity contribution < 1.29 is 13.2 Å². The number of aryl methyl sites for hydroxylation is 1. The molecular formula is C21H29N3O3S2. The Bertz CT molecular complexity index is 939. The van der Waals surface area contributed by atoms with Gasteiger partial charge in [0.15, 0.2) is 15.0 Å². The summed E-state index contributed by atoms with van der Waals surface area (Å²) in [5.41, 5.74) is 3.18. The van der Waals surface area contributed by atoms with E-state index in [-0.39, 0.29) is 35.1 Å². The van der Waals surface area contributed by atoms with E-state index in [1.54, 1.807) is 4.90 Å². The summed E-state index contributed by atoms with van der Waals surface area (Å²) >= 11 is 1.38. The van der Waals surface area contributed by atoms with Crippen LogP contribution in [0.4, 0.5) is 0 Å². The third kappa shape index (κ3) is 6.09. The molecule has 1 amide bonds. The van der Waals surface area contributed by atoms with E-state index in [1.165, 1.54) is 17.3 Å². The van der Waals surface area contributed by atoms with Crippen molar-refractivity contribution in [3.63, 3.8) is 0 Å². The predicted molar refractivity (Wildman–Crippen MR) is 117 cm³/mol. The van der Waals surface area contributed by atoms with E-state index in [0.29, 0.717) is 13.0 Å². The van der Waals surface area contributed by atoms with E-state index in [1.807, 2.05) is 39.0 Å². The summed E-state index contributed by atoms with van der Waals surface area (Å²) in [7, 11) is -3.03. The van der Waals surface area contributed by atoms with E-state index < -0.39 is 9.84 Å². The number of sulfone groups is 1. The fourth-order valence-electron chi connectivity index (χ4n) is 3.58. The highest BCUT2D eigenvalue weighted by Crippen LogP contribution is 2.23. The van der Waals surface area contributed by atoms with Crippen LogP contribution in [0.2, 0.25) is 0 Å². The minimum Gasteiger partial charge on any atom is -0.338 e. The molecule has 0 saturated carbocycles. The number of carbonyl (C=O) groups is 1. The van der Waals surface area contributed by atoms with Gasteiger partial charge in [0.1, 0.15) is 0 Å². The van der Waals surface area contributed by atoms with Gasteiger partial charge in [0.2, 0.25) is 5.91 Å². The maximum atomic E-state index is 12.9. The van der Waals surface area contributed by atoms with Gasteiger partial charge in [-0.2, -0.15) is 0 Å². The number of rotatable bonds is 8. The van der Waals surface area contributed by atoms with Gasteiger partial charge in [-0.3, -0.25) is 4.79 Å². The minimum atomic E-state index is -3.03. The molecule has 29 heavy (non-hydrogen) atoms. The first-order chi connectivity index (χ1) is 13.7. The molecule has 1 aliphatic heterocycles. The smallest absolute Gasteiger partial charge is 0.233 e. The van der Waals surface area contributed by atoms with E-state index in [9.17, 15) is 13.2 Å². The van der Waals surface area contributed by atoms with Crippen LogP contribution >= 0.6 is 11.8 Å². The first kappa shape index (κ1) is 21.9. The molecule has 1 aromatic carbocycles. The Morgan fingerprint density at radius 1 is 1.31 bits per heavy atom. The average molecular weight is 436 g/mol. The second-order valence-electron chi connectivity index (χ2n) is 8.06. The molecule has 0 radical (unpaired) electrons. The Morgan fingerprint density at radius 3 is 2.66 bits per heavy atom. The van der Waals surface area contributed by atoms with Gasteiger partial charge in [-0.15, -0.1) is 0 Å². The van der Waals surface area contributed by atoms with Gasteiger partial charge in [0.05, 0.1) is 23.0 Å². The van der Waals surface area contributed by atoms with E-state index in [2.05, 4.69) is 22.1 Å². The largest absolute Gasteiger partial charge is 0.338 e. The van der Waals surface area contributed by atoms with Gasteiger partial charge >= 0.3 is 0 Å². The molecule has 1 aliphatic rings. The molecular weight excluding hydrogens is 406 g/mol. The molecule has 0 aliphatic carbocycles. The lowest BCUT2D eigenvalue weighted by Gasteiger charge is -2.29. The summed E-state index contributed by atoms with van der Waals surface area (Å²) in [5.74, 6) is 0.769. The zero-order valence-electron chi connectivity index (χ0n) is 17.2. The van der Waals surface area contributed by atoms with Crippen LogP contribution in [0.3, 0.4) is 0 Å². The molecule has 0 bridgehead atoms. The Hall–Kier alpha value is -1.80. The lowest BCUT2D eigenvalue weighted by molar-refractivity contribution is -0.130. The first-order valence-electron chi connectivity index (χ1n) is 9.95. The highest BCUT2D eigenvalue weighted by atomic mass is 32.2. The summed E-state index contributed by atoms with van der Waals surface area (Å²) < 4.78 is 23.7. The van der Waals surface area contributed by atoms with Crippen molar-refractivity contribution in [3.05, 3.63) is 47.3 Å². The topological polar surface area (TPSA) is 83.1 Å². The Morgan fingerprint density at radius 2 is 2.03 bits per heavy atom. The standard InChI is InChI=1S/C21H29N3O3S2/c1-15(2)12-24(18-9-10-29(26,27)14-18)20(25)13-28-21-22-16(3)19(23-21)11-17-7-5-4-6-8-17/h4-8,15,18H,9-14H2,1-3H3,(H,22,23). The fourth-order valence-corrected chi connectivity index (χ4v) is 6.14. The number of carbonyl (C=O) groups excluding carboxylic acids is 1. The SMILES string of the molecule is Cc1[nH]c(SCC(=O)N(CC(C)C)C2CCS(=O)(=O)C2)nc1Cc1ccccc1. The number of benzene rings is 1. The molecule has 2 heterocycles. The molecule has 3 rings (SSSR count). The molecule has 8 heteroatoms. The van der Waals surface area contributed by atoms with Crippen molar-refractivity contribution in [3.8, 4) is 0 Å². The van der Waals surface area contributed by atoms with Gasteiger partial charge in [-0.05, 0) is 24.8 Å². The van der Waals surface area contributed by atoms with Crippen LogP contribution in [0.15, 0.2) is 35.5 Å². The maximum Gasteiger partial charge on any atom is 0.233 e.